The van der Waals surface area contributed by atoms with Gasteiger partial charge in [0.05, 0.1) is 17.6 Å². The molecule has 2 aromatic rings. The molecule has 0 spiro atoms. The molecule has 0 radical (unpaired) electrons. The molecule has 0 saturated heterocycles. The molecule has 1 unspecified atom stereocenters. The van der Waals surface area contributed by atoms with Crippen molar-refractivity contribution in [3.63, 3.8) is 0 Å². The summed E-state index contributed by atoms with van der Waals surface area (Å²) in [6.07, 6.45) is 3.03. The highest BCUT2D eigenvalue weighted by Crippen LogP contribution is 2.19. The Morgan fingerprint density at radius 2 is 1.86 bits per heavy atom. The number of benzene rings is 1. The van der Waals surface area contributed by atoms with Crippen molar-refractivity contribution in [1.82, 2.24) is 10.3 Å². The van der Waals surface area contributed by atoms with Gasteiger partial charge >= 0.3 is 0 Å². The van der Waals surface area contributed by atoms with Gasteiger partial charge in [-0.2, -0.15) is 0 Å². The Labute approximate surface area is 128 Å². The fraction of sp³-hybridized carbons (Fsp3) is 0.389. The van der Waals surface area contributed by atoms with Crippen LogP contribution in [0.2, 0.25) is 0 Å². The lowest BCUT2D eigenvalue weighted by Crippen LogP contribution is -2.21. The summed E-state index contributed by atoms with van der Waals surface area (Å²) < 4.78 is 0. The molecule has 0 aliphatic heterocycles. The van der Waals surface area contributed by atoms with Crippen LogP contribution in [-0.2, 0) is 6.54 Å². The van der Waals surface area contributed by atoms with Gasteiger partial charge in [-0.3, -0.25) is 4.98 Å². The van der Waals surface area contributed by atoms with Gasteiger partial charge in [-0.1, -0.05) is 44.2 Å². The zero-order valence-electron chi connectivity index (χ0n) is 13.2. The summed E-state index contributed by atoms with van der Waals surface area (Å²) in [7, 11) is 2.10. The highest BCUT2D eigenvalue weighted by atomic mass is 15.1. The minimum absolute atomic E-state index is 0.350. The molecule has 1 atom stereocenters. The fourth-order valence-electron chi connectivity index (χ4n) is 2.48. The molecule has 1 N–H and O–H groups in total. The van der Waals surface area contributed by atoms with Gasteiger partial charge in [0.25, 0.3) is 0 Å². The Morgan fingerprint density at radius 1 is 1.10 bits per heavy atom. The standard InChI is InChI=1S/C18H25N3/c1-4-17(19-5-2)18-12-11-16(13-20-18)21(3)14-15-9-7-6-8-10-15/h6-13,17,19H,4-5,14H2,1-3H3. The Hall–Kier alpha value is -1.87. The molecule has 21 heavy (non-hydrogen) atoms. The van der Waals surface area contributed by atoms with Gasteiger partial charge in [0.2, 0.25) is 0 Å². The number of aromatic nitrogens is 1. The smallest absolute Gasteiger partial charge is 0.0574 e. The van der Waals surface area contributed by atoms with Crippen molar-refractivity contribution in [2.24, 2.45) is 0 Å². The molecule has 0 saturated carbocycles. The Balaban J connectivity index is 2.04. The summed E-state index contributed by atoms with van der Waals surface area (Å²) in [5, 5.41) is 3.46. The van der Waals surface area contributed by atoms with Crippen LogP contribution in [-0.4, -0.2) is 18.6 Å². The molecule has 1 heterocycles. The highest BCUT2D eigenvalue weighted by Gasteiger charge is 2.10. The second-order valence-electron chi connectivity index (χ2n) is 5.30. The third-order valence-corrected chi connectivity index (χ3v) is 3.69. The first-order chi connectivity index (χ1) is 10.2. The number of pyridine rings is 1. The molecule has 1 aromatic carbocycles. The van der Waals surface area contributed by atoms with E-state index in [2.05, 4.69) is 72.5 Å². The lowest BCUT2D eigenvalue weighted by molar-refractivity contribution is 0.525. The predicted molar refractivity (Wildman–Crippen MR) is 89.5 cm³/mol. The number of rotatable bonds is 7. The van der Waals surface area contributed by atoms with Crippen LogP contribution in [0, 0.1) is 0 Å². The van der Waals surface area contributed by atoms with E-state index < -0.39 is 0 Å². The van der Waals surface area contributed by atoms with Crippen molar-refractivity contribution in [2.75, 3.05) is 18.5 Å². The fourth-order valence-corrected chi connectivity index (χ4v) is 2.48. The number of nitrogens with zero attached hydrogens (tertiary/aromatic N) is 2. The van der Waals surface area contributed by atoms with E-state index >= 15 is 0 Å². The molecule has 0 fully saturated rings. The van der Waals surface area contributed by atoms with Crippen molar-refractivity contribution in [3.05, 3.63) is 59.9 Å². The van der Waals surface area contributed by atoms with E-state index in [4.69, 9.17) is 0 Å². The van der Waals surface area contributed by atoms with Crippen LogP contribution in [0.4, 0.5) is 5.69 Å². The summed E-state index contributed by atoms with van der Waals surface area (Å²) in [4.78, 5) is 6.85. The maximum absolute atomic E-state index is 4.63. The number of nitrogens with one attached hydrogen (secondary N) is 1. The molecular weight excluding hydrogens is 258 g/mol. The van der Waals surface area contributed by atoms with Gasteiger partial charge in [-0.15, -0.1) is 0 Å². The zero-order valence-corrected chi connectivity index (χ0v) is 13.2. The molecule has 0 bridgehead atoms. The minimum atomic E-state index is 0.350. The summed E-state index contributed by atoms with van der Waals surface area (Å²) in [6.45, 7) is 6.18. The quantitative estimate of drug-likeness (QED) is 0.838. The average Bonchev–Trinajstić information content (AvgIpc) is 2.54. The van der Waals surface area contributed by atoms with Crippen LogP contribution in [0.25, 0.3) is 0 Å². The molecule has 0 amide bonds. The molecule has 3 nitrogen and oxygen atoms in total. The van der Waals surface area contributed by atoms with Crippen LogP contribution in [0.3, 0.4) is 0 Å². The molecule has 0 aliphatic carbocycles. The van der Waals surface area contributed by atoms with Crippen LogP contribution in [0.1, 0.15) is 37.6 Å². The van der Waals surface area contributed by atoms with Crippen LogP contribution < -0.4 is 10.2 Å². The molecular formula is C18H25N3. The van der Waals surface area contributed by atoms with E-state index in [0.29, 0.717) is 6.04 Å². The largest absolute Gasteiger partial charge is 0.369 e. The summed E-state index contributed by atoms with van der Waals surface area (Å²) in [5.41, 5.74) is 3.58. The third kappa shape index (κ3) is 4.30. The van der Waals surface area contributed by atoms with E-state index in [-0.39, 0.29) is 0 Å². The monoisotopic (exact) mass is 283 g/mol. The van der Waals surface area contributed by atoms with Gasteiger partial charge in [-0.05, 0) is 30.7 Å². The van der Waals surface area contributed by atoms with E-state index in [9.17, 15) is 0 Å². The Bertz CT molecular complexity index is 522. The van der Waals surface area contributed by atoms with Gasteiger partial charge in [0, 0.05) is 19.6 Å². The second-order valence-corrected chi connectivity index (χ2v) is 5.30. The molecule has 0 aliphatic rings. The normalized spacial score (nSPS) is 12.1. The first kappa shape index (κ1) is 15.5. The number of hydrogen-bond acceptors (Lipinski definition) is 3. The van der Waals surface area contributed by atoms with Crippen LogP contribution in [0.5, 0.6) is 0 Å². The SMILES string of the molecule is CCNC(CC)c1ccc(N(C)Cc2ccccc2)cn1. The first-order valence-electron chi connectivity index (χ1n) is 7.69. The summed E-state index contributed by atoms with van der Waals surface area (Å²) in [6, 6.07) is 15.1. The third-order valence-electron chi connectivity index (χ3n) is 3.69. The van der Waals surface area contributed by atoms with Crippen molar-refractivity contribution >= 4 is 5.69 Å². The van der Waals surface area contributed by atoms with Crippen molar-refractivity contribution in [2.45, 2.75) is 32.9 Å². The van der Waals surface area contributed by atoms with Crippen molar-refractivity contribution in [1.29, 1.82) is 0 Å². The maximum Gasteiger partial charge on any atom is 0.0574 e. The number of hydrogen-bond donors (Lipinski definition) is 1. The van der Waals surface area contributed by atoms with E-state index in [0.717, 1.165) is 30.9 Å². The van der Waals surface area contributed by atoms with Crippen LogP contribution in [0.15, 0.2) is 48.7 Å². The minimum Gasteiger partial charge on any atom is -0.369 e. The summed E-state index contributed by atoms with van der Waals surface area (Å²) in [5.74, 6) is 0. The van der Waals surface area contributed by atoms with Gasteiger partial charge < -0.3 is 10.2 Å². The Morgan fingerprint density at radius 3 is 2.43 bits per heavy atom. The predicted octanol–water partition coefficient (Wildman–Crippen LogP) is 3.78. The lowest BCUT2D eigenvalue weighted by Gasteiger charge is -2.21. The van der Waals surface area contributed by atoms with E-state index in [1.165, 1.54) is 5.56 Å². The van der Waals surface area contributed by atoms with Gasteiger partial charge in [0.1, 0.15) is 0 Å². The van der Waals surface area contributed by atoms with Crippen LogP contribution >= 0.6 is 0 Å². The first-order valence-corrected chi connectivity index (χ1v) is 7.69. The van der Waals surface area contributed by atoms with Crippen molar-refractivity contribution < 1.29 is 0 Å². The maximum atomic E-state index is 4.63. The summed E-state index contributed by atoms with van der Waals surface area (Å²) >= 11 is 0. The van der Waals surface area contributed by atoms with Crippen molar-refractivity contribution in [3.8, 4) is 0 Å². The second kappa shape index (κ2) is 7.79. The number of anilines is 1. The van der Waals surface area contributed by atoms with E-state index in [1.54, 1.807) is 0 Å². The van der Waals surface area contributed by atoms with Gasteiger partial charge in [-0.25, -0.2) is 0 Å². The molecule has 112 valence electrons. The van der Waals surface area contributed by atoms with E-state index in [1.807, 2.05) is 12.3 Å². The zero-order chi connectivity index (χ0) is 15.1. The average molecular weight is 283 g/mol. The molecule has 2 rings (SSSR count). The van der Waals surface area contributed by atoms with Gasteiger partial charge in [0.15, 0.2) is 0 Å². The topological polar surface area (TPSA) is 28.2 Å². The molecule has 1 aromatic heterocycles. The molecule has 3 heteroatoms. The Kier molecular flexibility index (Phi) is 5.76. The lowest BCUT2D eigenvalue weighted by atomic mass is 10.1. The highest BCUT2D eigenvalue weighted by molar-refractivity contribution is 5.44.